The number of hydrogen-bond acceptors (Lipinski definition) is 2. The number of nitrogens with two attached hydrogens (primary N) is 1. The first-order valence-electron chi connectivity index (χ1n) is 6.99. The molecule has 1 rings (SSSR count). The average molecular weight is 241 g/mol. The van der Waals surface area contributed by atoms with Crippen molar-refractivity contribution in [2.45, 2.75) is 52.0 Å². The summed E-state index contributed by atoms with van der Waals surface area (Å²) >= 11 is 0. The van der Waals surface area contributed by atoms with Gasteiger partial charge in [-0.05, 0) is 38.6 Å². The molecule has 0 aromatic heterocycles. The molecule has 0 spiro atoms. The van der Waals surface area contributed by atoms with Gasteiger partial charge in [-0.1, -0.05) is 19.8 Å². The number of amides is 2. The van der Waals surface area contributed by atoms with Crippen LogP contribution in [0, 0.1) is 5.92 Å². The Hall–Kier alpha value is -0.770. The second-order valence-corrected chi connectivity index (χ2v) is 4.87. The van der Waals surface area contributed by atoms with Crippen molar-refractivity contribution in [2.24, 2.45) is 11.7 Å². The van der Waals surface area contributed by atoms with Crippen LogP contribution >= 0.6 is 0 Å². The average Bonchev–Trinajstić information content (AvgIpc) is 2.78. The second kappa shape index (κ2) is 7.54. The van der Waals surface area contributed by atoms with Gasteiger partial charge >= 0.3 is 6.03 Å². The monoisotopic (exact) mass is 241 g/mol. The fraction of sp³-hybridized carbons (Fsp3) is 0.923. The lowest BCUT2D eigenvalue weighted by Gasteiger charge is -2.31. The van der Waals surface area contributed by atoms with Gasteiger partial charge in [-0.15, -0.1) is 0 Å². The summed E-state index contributed by atoms with van der Waals surface area (Å²) in [7, 11) is 0. The zero-order valence-electron chi connectivity index (χ0n) is 11.2. The zero-order chi connectivity index (χ0) is 12.7. The van der Waals surface area contributed by atoms with Crippen LogP contribution in [0.4, 0.5) is 4.79 Å². The Morgan fingerprint density at radius 3 is 2.76 bits per heavy atom. The summed E-state index contributed by atoms with van der Waals surface area (Å²) in [6.45, 7) is 6.44. The van der Waals surface area contributed by atoms with Gasteiger partial charge in [-0.25, -0.2) is 4.79 Å². The molecule has 0 saturated heterocycles. The van der Waals surface area contributed by atoms with E-state index in [-0.39, 0.29) is 6.03 Å². The van der Waals surface area contributed by atoms with Gasteiger partial charge in [0.15, 0.2) is 0 Å². The SMILES string of the molecule is CCCCNC(=O)N(CC)C1CCCC1CN. The largest absolute Gasteiger partial charge is 0.338 e. The molecule has 1 aliphatic carbocycles. The Balaban J connectivity index is 2.48. The molecule has 100 valence electrons. The maximum absolute atomic E-state index is 12.1. The molecule has 0 aromatic rings. The van der Waals surface area contributed by atoms with Gasteiger partial charge < -0.3 is 16.0 Å². The van der Waals surface area contributed by atoms with E-state index in [1.54, 1.807) is 0 Å². The Bertz CT molecular complexity index is 233. The highest BCUT2D eigenvalue weighted by atomic mass is 16.2. The molecule has 17 heavy (non-hydrogen) atoms. The van der Waals surface area contributed by atoms with Crippen molar-refractivity contribution in [3.63, 3.8) is 0 Å². The number of carbonyl (C=O) groups excluding carboxylic acids is 1. The van der Waals surface area contributed by atoms with E-state index in [4.69, 9.17) is 5.73 Å². The van der Waals surface area contributed by atoms with Gasteiger partial charge in [-0.2, -0.15) is 0 Å². The van der Waals surface area contributed by atoms with Crippen LogP contribution in [-0.4, -0.2) is 36.6 Å². The van der Waals surface area contributed by atoms with Crippen LogP contribution in [0.3, 0.4) is 0 Å². The van der Waals surface area contributed by atoms with E-state index in [0.29, 0.717) is 18.5 Å². The molecule has 0 bridgehead atoms. The fourth-order valence-corrected chi connectivity index (χ4v) is 2.70. The number of unbranched alkanes of at least 4 members (excludes halogenated alkanes) is 1. The van der Waals surface area contributed by atoms with E-state index >= 15 is 0 Å². The highest BCUT2D eigenvalue weighted by Crippen LogP contribution is 2.29. The fourth-order valence-electron chi connectivity index (χ4n) is 2.70. The summed E-state index contributed by atoms with van der Waals surface area (Å²) in [6, 6.07) is 0.443. The molecule has 2 atom stereocenters. The van der Waals surface area contributed by atoms with Gasteiger partial charge in [0.2, 0.25) is 0 Å². The summed E-state index contributed by atoms with van der Waals surface area (Å²) in [5.74, 6) is 0.492. The maximum Gasteiger partial charge on any atom is 0.317 e. The third-order valence-electron chi connectivity index (χ3n) is 3.73. The molecule has 0 radical (unpaired) electrons. The van der Waals surface area contributed by atoms with Crippen LogP contribution in [0.2, 0.25) is 0 Å². The molecule has 3 N–H and O–H groups in total. The van der Waals surface area contributed by atoms with Crippen LogP contribution in [0.25, 0.3) is 0 Å². The van der Waals surface area contributed by atoms with Gasteiger partial charge in [-0.3, -0.25) is 0 Å². The zero-order valence-corrected chi connectivity index (χ0v) is 11.2. The van der Waals surface area contributed by atoms with Crippen LogP contribution in [0.5, 0.6) is 0 Å². The molecule has 0 aliphatic heterocycles. The number of rotatable bonds is 6. The number of nitrogens with zero attached hydrogens (tertiary/aromatic N) is 1. The highest BCUT2D eigenvalue weighted by molar-refractivity contribution is 5.74. The van der Waals surface area contributed by atoms with Crippen LogP contribution in [0.1, 0.15) is 46.0 Å². The predicted octanol–water partition coefficient (Wildman–Crippen LogP) is 1.95. The molecule has 4 nitrogen and oxygen atoms in total. The second-order valence-electron chi connectivity index (χ2n) is 4.87. The van der Waals surface area contributed by atoms with Crippen LogP contribution in [-0.2, 0) is 0 Å². The Labute approximate surface area is 105 Å². The summed E-state index contributed by atoms with van der Waals surface area (Å²) in [5, 5.41) is 3.00. The molecule has 1 aliphatic rings. The lowest BCUT2D eigenvalue weighted by molar-refractivity contribution is 0.163. The Morgan fingerprint density at radius 2 is 2.18 bits per heavy atom. The topological polar surface area (TPSA) is 58.4 Å². The van der Waals surface area contributed by atoms with Crippen molar-refractivity contribution < 1.29 is 4.79 Å². The summed E-state index contributed by atoms with van der Waals surface area (Å²) < 4.78 is 0. The maximum atomic E-state index is 12.1. The van der Waals surface area contributed by atoms with E-state index in [1.807, 2.05) is 11.8 Å². The van der Waals surface area contributed by atoms with Gasteiger partial charge in [0.25, 0.3) is 0 Å². The minimum Gasteiger partial charge on any atom is -0.338 e. The lowest BCUT2D eigenvalue weighted by Crippen LogP contribution is -2.48. The van der Waals surface area contributed by atoms with Crippen molar-refractivity contribution in [2.75, 3.05) is 19.6 Å². The predicted molar refractivity (Wildman–Crippen MR) is 70.9 cm³/mol. The number of urea groups is 1. The molecule has 0 aromatic carbocycles. The first-order chi connectivity index (χ1) is 8.24. The molecule has 0 heterocycles. The molecule has 2 unspecified atom stereocenters. The Kier molecular flexibility index (Phi) is 6.34. The lowest BCUT2D eigenvalue weighted by atomic mass is 10.0. The van der Waals surface area contributed by atoms with Gasteiger partial charge in [0.05, 0.1) is 0 Å². The van der Waals surface area contributed by atoms with E-state index in [1.165, 1.54) is 12.8 Å². The third-order valence-corrected chi connectivity index (χ3v) is 3.73. The molecule has 1 fully saturated rings. The summed E-state index contributed by atoms with van der Waals surface area (Å²) in [5.41, 5.74) is 5.78. The van der Waals surface area contributed by atoms with E-state index in [2.05, 4.69) is 12.2 Å². The minimum atomic E-state index is 0.0892. The quantitative estimate of drug-likeness (QED) is 0.698. The number of carbonyl (C=O) groups is 1. The molecule has 1 saturated carbocycles. The molecule has 4 heteroatoms. The first-order valence-corrected chi connectivity index (χ1v) is 6.99. The van der Waals surface area contributed by atoms with Crippen LogP contribution in [0.15, 0.2) is 0 Å². The number of nitrogens with one attached hydrogen (secondary N) is 1. The molecular formula is C13H27N3O. The summed E-state index contributed by atoms with van der Waals surface area (Å²) in [6.07, 6.45) is 5.64. The normalized spacial score (nSPS) is 23.7. The highest BCUT2D eigenvalue weighted by Gasteiger charge is 2.32. The van der Waals surface area contributed by atoms with Crippen LogP contribution < -0.4 is 11.1 Å². The van der Waals surface area contributed by atoms with Crippen molar-refractivity contribution in [3.05, 3.63) is 0 Å². The van der Waals surface area contributed by atoms with Crippen molar-refractivity contribution in [3.8, 4) is 0 Å². The van der Waals surface area contributed by atoms with E-state index < -0.39 is 0 Å². The van der Waals surface area contributed by atoms with Crippen molar-refractivity contribution in [1.82, 2.24) is 10.2 Å². The van der Waals surface area contributed by atoms with Crippen molar-refractivity contribution in [1.29, 1.82) is 0 Å². The van der Waals surface area contributed by atoms with Gasteiger partial charge in [0.1, 0.15) is 0 Å². The van der Waals surface area contributed by atoms with E-state index in [0.717, 1.165) is 32.4 Å². The molecule has 2 amide bonds. The summed E-state index contributed by atoms with van der Waals surface area (Å²) in [4.78, 5) is 14.0. The number of hydrogen-bond donors (Lipinski definition) is 2. The third kappa shape index (κ3) is 3.87. The standard InChI is InChI=1S/C13H27N3O/c1-3-5-9-15-13(17)16(4-2)12-8-6-7-11(12)10-14/h11-12H,3-10,14H2,1-2H3,(H,15,17). The first kappa shape index (κ1) is 14.3. The van der Waals surface area contributed by atoms with Gasteiger partial charge in [0, 0.05) is 19.1 Å². The minimum absolute atomic E-state index is 0.0892. The van der Waals surface area contributed by atoms with E-state index in [9.17, 15) is 4.79 Å². The Morgan fingerprint density at radius 1 is 1.41 bits per heavy atom. The molecular weight excluding hydrogens is 214 g/mol. The van der Waals surface area contributed by atoms with Crippen molar-refractivity contribution >= 4 is 6.03 Å². The smallest absolute Gasteiger partial charge is 0.317 e.